The van der Waals surface area contributed by atoms with E-state index in [9.17, 15) is 4.79 Å². The maximum absolute atomic E-state index is 12.7. The molecule has 20 heavy (non-hydrogen) atoms. The van der Waals surface area contributed by atoms with Crippen LogP contribution >= 0.6 is 15.9 Å². The average Bonchev–Trinajstić information content (AvgIpc) is 2.57. The molecule has 1 amide bonds. The molecular weight excluding hydrogens is 316 g/mol. The predicted octanol–water partition coefficient (Wildman–Crippen LogP) is 3.88. The first-order chi connectivity index (χ1) is 9.28. The third kappa shape index (κ3) is 2.50. The molecule has 2 bridgehead atoms. The normalized spacial score (nSPS) is 31.4. The Morgan fingerprint density at radius 3 is 2.80 bits per heavy atom. The molecule has 0 aromatic carbocycles. The first-order valence-corrected chi connectivity index (χ1v) is 8.01. The van der Waals surface area contributed by atoms with Crippen molar-refractivity contribution in [3.63, 3.8) is 0 Å². The van der Waals surface area contributed by atoms with Gasteiger partial charge in [-0.2, -0.15) is 0 Å². The number of halogens is 1. The van der Waals surface area contributed by atoms with Gasteiger partial charge in [-0.3, -0.25) is 4.79 Å². The summed E-state index contributed by atoms with van der Waals surface area (Å²) in [5.41, 5.74) is 1.15. The smallest absolute Gasteiger partial charge is 0.272 e. The van der Waals surface area contributed by atoms with Crippen LogP contribution in [0, 0.1) is 10.8 Å². The van der Waals surface area contributed by atoms with E-state index in [-0.39, 0.29) is 11.3 Å². The number of fused-ring (bicyclic) bond motifs is 2. The molecule has 3 nitrogen and oxygen atoms in total. The Balaban J connectivity index is 1.87. The zero-order valence-electron chi connectivity index (χ0n) is 12.3. The third-order valence-electron chi connectivity index (χ3n) is 4.61. The van der Waals surface area contributed by atoms with Crippen molar-refractivity contribution in [2.45, 2.75) is 46.1 Å². The van der Waals surface area contributed by atoms with Crippen LogP contribution in [0.25, 0.3) is 0 Å². The summed E-state index contributed by atoms with van der Waals surface area (Å²) < 4.78 is 0.720. The van der Waals surface area contributed by atoms with Crippen molar-refractivity contribution in [1.82, 2.24) is 9.88 Å². The topological polar surface area (TPSA) is 33.2 Å². The fraction of sp³-hybridized carbons (Fsp3) is 0.625. The van der Waals surface area contributed by atoms with Crippen molar-refractivity contribution in [3.8, 4) is 0 Å². The van der Waals surface area contributed by atoms with E-state index in [0.29, 0.717) is 17.2 Å². The van der Waals surface area contributed by atoms with Gasteiger partial charge in [-0.15, -0.1) is 0 Å². The van der Waals surface area contributed by atoms with E-state index in [1.165, 1.54) is 6.42 Å². The van der Waals surface area contributed by atoms with E-state index in [1.54, 1.807) is 0 Å². The lowest BCUT2D eigenvalue weighted by Gasteiger charge is -2.39. The van der Waals surface area contributed by atoms with Crippen molar-refractivity contribution in [2.24, 2.45) is 10.8 Å². The lowest BCUT2D eigenvalue weighted by atomic mass is 9.65. The fourth-order valence-corrected chi connectivity index (χ4v) is 4.72. The van der Waals surface area contributed by atoms with Crippen LogP contribution in [-0.2, 0) is 0 Å². The summed E-state index contributed by atoms with van der Waals surface area (Å²) in [4.78, 5) is 19.1. The van der Waals surface area contributed by atoms with E-state index in [1.807, 2.05) is 18.2 Å². The zero-order chi connectivity index (χ0) is 14.5. The molecule has 2 fully saturated rings. The molecule has 0 spiro atoms. The number of amides is 1. The molecule has 1 aromatic rings. The number of rotatable bonds is 1. The van der Waals surface area contributed by atoms with Gasteiger partial charge in [-0.05, 0) is 58.2 Å². The second-order valence-electron chi connectivity index (χ2n) is 7.49. The maximum Gasteiger partial charge on any atom is 0.272 e. The Kier molecular flexibility index (Phi) is 3.20. The van der Waals surface area contributed by atoms with Gasteiger partial charge in [0.2, 0.25) is 0 Å². The van der Waals surface area contributed by atoms with Crippen LogP contribution in [-0.4, -0.2) is 28.4 Å². The lowest BCUT2D eigenvalue weighted by molar-refractivity contribution is 0.0702. The number of aromatic nitrogens is 1. The van der Waals surface area contributed by atoms with Gasteiger partial charge in [0, 0.05) is 12.6 Å². The molecule has 2 aliphatic rings. The van der Waals surface area contributed by atoms with Crippen molar-refractivity contribution in [3.05, 3.63) is 28.5 Å². The first kappa shape index (κ1) is 14.1. The van der Waals surface area contributed by atoms with Crippen LogP contribution in [0.2, 0.25) is 0 Å². The minimum atomic E-state index is 0.0812. The van der Waals surface area contributed by atoms with Crippen LogP contribution in [0.15, 0.2) is 22.8 Å². The number of carbonyl (C=O) groups is 1. The molecule has 2 atom stereocenters. The number of nitrogens with zero attached hydrogens (tertiary/aromatic N) is 2. The number of carbonyl (C=O) groups excluding carboxylic acids is 1. The summed E-state index contributed by atoms with van der Waals surface area (Å²) in [6.45, 7) is 7.84. The number of pyridine rings is 1. The second kappa shape index (κ2) is 4.55. The van der Waals surface area contributed by atoms with Gasteiger partial charge in [0.15, 0.2) is 0 Å². The minimum Gasteiger partial charge on any atom is -0.334 e. The highest BCUT2D eigenvalue weighted by atomic mass is 79.9. The van der Waals surface area contributed by atoms with Crippen LogP contribution in [0.1, 0.15) is 50.5 Å². The quantitative estimate of drug-likeness (QED) is 0.729. The van der Waals surface area contributed by atoms with E-state index < -0.39 is 0 Å². The molecular formula is C16H21BrN2O. The van der Waals surface area contributed by atoms with Gasteiger partial charge >= 0.3 is 0 Å². The molecule has 1 aliphatic carbocycles. The van der Waals surface area contributed by atoms with Gasteiger partial charge in [0.1, 0.15) is 10.3 Å². The molecule has 1 saturated heterocycles. The number of hydrogen-bond donors (Lipinski definition) is 0. The molecule has 1 aromatic heterocycles. The summed E-state index contributed by atoms with van der Waals surface area (Å²) in [6.07, 6.45) is 3.44. The van der Waals surface area contributed by atoms with Crippen LogP contribution < -0.4 is 0 Å². The Morgan fingerprint density at radius 2 is 2.10 bits per heavy atom. The largest absolute Gasteiger partial charge is 0.334 e. The fourth-order valence-electron chi connectivity index (χ4n) is 4.37. The SMILES string of the molecule is CC1(C)CC2CC(C)(CN2C(=O)c2cccc(Br)n2)C1. The zero-order valence-corrected chi connectivity index (χ0v) is 13.9. The monoisotopic (exact) mass is 336 g/mol. The molecule has 2 heterocycles. The van der Waals surface area contributed by atoms with Gasteiger partial charge in [-0.1, -0.05) is 26.8 Å². The summed E-state index contributed by atoms with van der Waals surface area (Å²) >= 11 is 3.34. The lowest BCUT2D eigenvalue weighted by Crippen LogP contribution is -2.38. The highest BCUT2D eigenvalue weighted by molar-refractivity contribution is 9.10. The van der Waals surface area contributed by atoms with E-state index in [2.05, 4.69) is 46.6 Å². The van der Waals surface area contributed by atoms with Gasteiger partial charge in [0.05, 0.1) is 0 Å². The van der Waals surface area contributed by atoms with Gasteiger partial charge < -0.3 is 4.90 Å². The van der Waals surface area contributed by atoms with Crippen LogP contribution in [0.4, 0.5) is 0 Å². The van der Waals surface area contributed by atoms with E-state index in [0.717, 1.165) is 24.0 Å². The summed E-state index contributed by atoms with van der Waals surface area (Å²) in [7, 11) is 0. The van der Waals surface area contributed by atoms with Gasteiger partial charge in [0.25, 0.3) is 5.91 Å². The maximum atomic E-state index is 12.7. The summed E-state index contributed by atoms with van der Waals surface area (Å²) in [5, 5.41) is 0. The number of likely N-dealkylation sites (tertiary alicyclic amines) is 1. The molecule has 1 saturated carbocycles. The highest BCUT2D eigenvalue weighted by Crippen LogP contribution is 2.52. The average molecular weight is 337 g/mol. The van der Waals surface area contributed by atoms with Crippen LogP contribution in [0.3, 0.4) is 0 Å². The van der Waals surface area contributed by atoms with Crippen molar-refractivity contribution < 1.29 is 4.79 Å². The molecule has 3 rings (SSSR count). The number of hydrogen-bond acceptors (Lipinski definition) is 2. The van der Waals surface area contributed by atoms with E-state index >= 15 is 0 Å². The van der Waals surface area contributed by atoms with Crippen molar-refractivity contribution >= 4 is 21.8 Å². The molecule has 4 heteroatoms. The Hall–Kier alpha value is -0.900. The Labute approximate surface area is 128 Å². The standard InChI is InChI=1S/C16H21BrN2O/c1-15(2)7-11-8-16(3,9-15)10-19(11)14(20)12-5-4-6-13(17)18-12/h4-6,11H,7-10H2,1-3H3. The Morgan fingerprint density at radius 1 is 1.35 bits per heavy atom. The minimum absolute atomic E-state index is 0.0812. The molecule has 108 valence electrons. The Bertz CT molecular complexity index is 557. The second-order valence-corrected chi connectivity index (χ2v) is 8.30. The molecule has 0 radical (unpaired) electrons. The highest BCUT2D eigenvalue weighted by Gasteiger charge is 2.51. The summed E-state index contributed by atoms with van der Waals surface area (Å²) in [5.74, 6) is 0.0812. The molecule has 2 unspecified atom stereocenters. The van der Waals surface area contributed by atoms with Crippen molar-refractivity contribution in [1.29, 1.82) is 0 Å². The third-order valence-corrected chi connectivity index (χ3v) is 5.05. The van der Waals surface area contributed by atoms with E-state index in [4.69, 9.17) is 0 Å². The summed E-state index contributed by atoms with van der Waals surface area (Å²) in [6, 6.07) is 5.90. The first-order valence-electron chi connectivity index (χ1n) is 7.22. The van der Waals surface area contributed by atoms with Crippen molar-refractivity contribution in [2.75, 3.05) is 6.54 Å². The molecule has 0 N–H and O–H groups in total. The van der Waals surface area contributed by atoms with Gasteiger partial charge in [-0.25, -0.2) is 4.98 Å². The predicted molar refractivity (Wildman–Crippen MR) is 82.5 cm³/mol. The van der Waals surface area contributed by atoms with Crippen LogP contribution in [0.5, 0.6) is 0 Å². The molecule has 1 aliphatic heterocycles.